The van der Waals surface area contributed by atoms with Crippen molar-refractivity contribution in [3.05, 3.63) is 58.1 Å². The third-order valence-corrected chi connectivity index (χ3v) is 4.19. The summed E-state index contributed by atoms with van der Waals surface area (Å²) in [6.45, 7) is 0. The monoisotopic (exact) mass is 415 g/mol. The van der Waals surface area contributed by atoms with Crippen LogP contribution in [0.1, 0.15) is 11.1 Å². The van der Waals surface area contributed by atoms with Crippen molar-refractivity contribution >= 4 is 38.6 Å². The number of anilines is 1. The highest BCUT2D eigenvalue weighted by Gasteiger charge is 2.38. The number of nitrogens with one attached hydrogen (secondary N) is 2. The number of carbonyl (C=O) groups excluding carboxylic acids is 1. The molecule has 9 heteroatoms. The molecule has 3 aromatic rings. The summed E-state index contributed by atoms with van der Waals surface area (Å²) in [5.41, 5.74) is 1.46. The molecule has 0 aliphatic rings. The molecule has 0 saturated heterocycles. The summed E-state index contributed by atoms with van der Waals surface area (Å²) >= 11 is 3.39. The van der Waals surface area contributed by atoms with E-state index in [1.165, 1.54) is 12.1 Å². The van der Waals surface area contributed by atoms with E-state index >= 15 is 0 Å². The van der Waals surface area contributed by atoms with Gasteiger partial charge in [-0.1, -0.05) is 6.07 Å². The van der Waals surface area contributed by atoms with Crippen LogP contribution in [0.5, 0.6) is 0 Å². The van der Waals surface area contributed by atoms with Gasteiger partial charge in [-0.05, 0) is 45.3 Å². The highest BCUT2D eigenvalue weighted by molar-refractivity contribution is 9.10. The Kier molecular flexibility index (Phi) is 4.51. The number of rotatable bonds is 3. The van der Waals surface area contributed by atoms with Gasteiger partial charge in [0.15, 0.2) is 0 Å². The molecule has 4 nitrogen and oxygen atoms in total. The van der Waals surface area contributed by atoms with E-state index in [-0.39, 0.29) is 17.7 Å². The number of fused-ring (bicyclic) bond motifs is 1. The molecule has 2 aromatic heterocycles. The van der Waals surface area contributed by atoms with Gasteiger partial charge in [0.1, 0.15) is 11.5 Å². The van der Waals surface area contributed by atoms with Crippen molar-refractivity contribution < 1.29 is 22.4 Å². The number of nitrogens with zero attached hydrogens (tertiary/aromatic N) is 1. The largest absolute Gasteiger partial charge is 0.471 e. The first-order valence-corrected chi connectivity index (χ1v) is 7.82. The summed E-state index contributed by atoms with van der Waals surface area (Å²) in [6.07, 6.45) is -1.52. The zero-order valence-corrected chi connectivity index (χ0v) is 14.0. The van der Waals surface area contributed by atoms with Crippen molar-refractivity contribution in [3.63, 3.8) is 0 Å². The fourth-order valence-corrected chi connectivity index (χ4v) is 2.96. The highest BCUT2D eigenvalue weighted by atomic mass is 79.9. The summed E-state index contributed by atoms with van der Waals surface area (Å²) in [4.78, 5) is 18.0. The molecule has 0 atom stereocenters. The van der Waals surface area contributed by atoms with Crippen LogP contribution in [-0.2, 0) is 11.2 Å². The van der Waals surface area contributed by atoms with Gasteiger partial charge in [-0.15, -0.1) is 0 Å². The van der Waals surface area contributed by atoms with Crippen LogP contribution in [0.4, 0.5) is 23.2 Å². The third kappa shape index (κ3) is 3.65. The Labute approximate surface area is 147 Å². The molecular formula is C16H10BrF4N3O. The third-order valence-electron chi connectivity index (χ3n) is 3.56. The highest BCUT2D eigenvalue weighted by Crippen LogP contribution is 2.28. The maximum atomic E-state index is 14.2. The zero-order valence-electron chi connectivity index (χ0n) is 12.4. The van der Waals surface area contributed by atoms with Crippen molar-refractivity contribution in [1.29, 1.82) is 0 Å². The number of amides is 1. The maximum absolute atomic E-state index is 14.2. The molecule has 0 aliphatic heterocycles. The summed E-state index contributed by atoms with van der Waals surface area (Å²) in [5.74, 6) is -2.86. The smallest absolute Gasteiger partial charge is 0.345 e. The molecule has 1 amide bonds. The molecule has 0 unspecified atom stereocenters. The average Bonchev–Trinajstić information content (AvgIpc) is 2.91. The van der Waals surface area contributed by atoms with E-state index < -0.39 is 17.9 Å². The van der Waals surface area contributed by atoms with Crippen LogP contribution in [0.3, 0.4) is 0 Å². The number of benzene rings is 1. The normalized spacial score (nSPS) is 11.7. The summed E-state index contributed by atoms with van der Waals surface area (Å²) in [5, 5.41) is 2.42. The van der Waals surface area contributed by atoms with E-state index in [4.69, 9.17) is 0 Å². The molecule has 1 aromatic carbocycles. The van der Waals surface area contributed by atoms with Crippen LogP contribution in [0.15, 0.2) is 41.1 Å². The predicted octanol–water partition coefficient (Wildman–Crippen LogP) is 4.56. The van der Waals surface area contributed by atoms with Crippen molar-refractivity contribution in [2.45, 2.75) is 12.6 Å². The van der Waals surface area contributed by atoms with E-state index in [1.54, 1.807) is 23.8 Å². The van der Waals surface area contributed by atoms with Gasteiger partial charge < -0.3 is 10.3 Å². The van der Waals surface area contributed by atoms with Crippen molar-refractivity contribution in [3.8, 4) is 0 Å². The molecule has 130 valence electrons. The van der Waals surface area contributed by atoms with Gasteiger partial charge in [0.05, 0.1) is 0 Å². The summed E-state index contributed by atoms with van der Waals surface area (Å²) in [6, 6.07) is 5.17. The van der Waals surface area contributed by atoms with Crippen LogP contribution >= 0.6 is 15.9 Å². The number of hydrogen-bond acceptors (Lipinski definition) is 2. The number of halogens is 5. The van der Waals surface area contributed by atoms with Crippen molar-refractivity contribution in [2.24, 2.45) is 0 Å². The van der Waals surface area contributed by atoms with Crippen LogP contribution in [0.2, 0.25) is 0 Å². The van der Waals surface area contributed by atoms with Gasteiger partial charge in [-0.25, -0.2) is 9.37 Å². The number of alkyl halides is 3. The minimum atomic E-state index is -5.03. The number of H-pyrrole nitrogens is 1. The van der Waals surface area contributed by atoms with E-state index in [2.05, 4.69) is 25.9 Å². The van der Waals surface area contributed by atoms with Gasteiger partial charge in [-0.2, -0.15) is 13.2 Å². The zero-order chi connectivity index (χ0) is 18.2. The second-order valence-corrected chi connectivity index (χ2v) is 6.12. The maximum Gasteiger partial charge on any atom is 0.471 e. The Morgan fingerprint density at radius 2 is 2.00 bits per heavy atom. The molecular weight excluding hydrogens is 406 g/mol. The van der Waals surface area contributed by atoms with E-state index in [0.29, 0.717) is 5.65 Å². The topological polar surface area (TPSA) is 57.8 Å². The molecule has 0 spiro atoms. The summed E-state index contributed by atoms with van der Waals surface area (Å²) < 4.78 is 51.7. The molecule has 0 bridgehead atoms. The van der Waals surface area contributed by atoms with Crippen LogP contribution in [0.25, 0.3) is 11.0 Å². The Morgan fingerprint density at radius 3 is 2.68 bits per heavy atom. The Balaban J connectivity index is 1.86. The first kappa shape index (κ1) is 17.4. The van der Waals surface area contributed by atoms with Gasteiger partial charge in [-0.3, -0.25) is 4.79 Å². The number of hydrogen-bond donors (Lipinski definition) is 2. The predicted molar refractivity (Wildman–Crippen MR) is 87.7 cm³/mol. The number of aromatic nitrogens is 2. The molecule has 0 fully saturated rings. The Bertz CT molecular complexity index is 952. The lowest BCUT2D eigenvalue weighted by molar-refractivity contribution is -0.167. The number of pyridine rings is 1. The molecule has 0 saturated carbocycles. The van der Waals surface area contributed by atoms with Gasteiger partial charge in [0, 0.05) is 34.4 Å². The van der Waals surface area contributed by atoms with Crippen molar-refractivity contribution in [1.82, 2.24) is 9.97 Å². The Morgan fingerprint density at radius 1 is 1.24 bits per heavy atom. The van der Waals surface area contributed by atoms with Gasteiger partial charge >= 0.3 is 12.1 Å². The first-order valence-electron chi connectivity index (χ1n) is 7.03. The fourth-order valence-electron chi connectivity index (χ4n) is 2.40. The van der Waals surface area contributed by atoms with Crippen LogP contribution in [-0.4, -0.2) is 22.1 Å². The lowest BCUT2D eigenvalue weighted by atomic mass is 10.0. The van der Waals surface area contributed by atoms with E-state index in [1.807, 2.05) is 0 Å². The number of carbonyl (C=O) groups is 1. The lowest BCUT2D eigenvalue weighted by Gasteiger charge is -2.10. The van der Waals surface area contributed by atoms with E-state index in [9.17, 15) is 22.4 Å². The first-order chi connectivity index (χ1) is 11.8. The minimum Gasteiger partial charge on any atom is -0.345 e. The molecule has 3 rings (SSSR count). The second-order valence-electron chi connectivity index (χ2n) is 5.27. The number of aromatic amines is 1. The minimum absolute atomic E-state index is 0.217. The molecule has 25 heavy (non-hydrogen) atoms. The van der Waals surface area contributed by atoms with E-state index in [0.717, 1.165) is 21.5 Å². The van der Waals surface area contributed by atoms with Crippen LogP contribution < -0.4 is 5.32 Å². The molecule has 2 heterocycles. The molecule has 0 aliphatic carbocycles. The Hall–Kier alpha value is -2.42. The second kappa shape index (κ2) is 6.47. The van der Waals surface area contributed by atoms with Crippen LogP contribution in [0, 0.1) is 5.82 Å². The summed E-state index contributed by atoms with van der Waals surface area (Å²) in [7, 11) is 0. The van der Waals surface area contributed by atoms with Gasteiger partial charge in [0.2, 0.25) is 0 Å². The quantitative estimate of drug-likeness (QED) is 0.616. The van der Waals surface area contributed by atoms with Gasteiger partial charge in [0.25, 0.3) is 0 Å². The molecule has 2 N–H and O–H groups in total. The fraction of sp³-hybridized carbons (Fsp3) is 0.125. The SMILES string of the molecule is O=C(Nc1ccc(Cc2ccnc3[nH]cc(Br)c23)c(F)c1)C(F)(F)F. The molecule has 0 radical (unpaired) electrons. The van der Waals surface area contributed by atoms with Crippen molar-refractivity contribution in [2.75, 3.05) is 5.32 Å². The standard InChI is InChI=1S/C16H10BrF4N3O/c17-11-7-23-14-13(11)9(3-4-22-14)5-8-1-2-10(6-12(8)18)24-15(25)16(19,20)21/h1-4,6-7H,5H2,(H,22,23)(H,24,25). The average molecular weight is 416 g/mol. The lowest BCUT2D eigenvalue weighted by Crippen LogP contribution is -2.29.